The maximum Gasteiger partial charge on any atom is 0.119 e. The highest BCUT2D eigenvalue weighted by Crippen LogP contribution is 2.24. The van der Waals surface area contributed by atoms with Crippen LogP contribution in [0.5, 0.6) is 5.75 Å². The summed E-state index contributed by atoms with van der Waals surface area (Å²) in [5, 5.41) is 0. The Labute approximate surface area is 147 Å². The van der Waals surface area contributed by atoms with Gasteiger partial charge < -0.3 is 4.74 Å². The molecule has 0 saturated carbocycles. The minimum atomic E-state index is 0.305. The van der Waals surface area contributed by atoms with Crippen LogP contribution < -0.4 is 4.74 Å². The first-order valence-electron chi connectivity index (χ1n) is 9.42. The monoisotopic (exact) mass is 325 g/mol. The zero-order chi connectivity index (χ0) is 17.2. The summed E-state index contributed by atoms with van der Waals surface area (Å²) < 4.78 is 5.84. The van der Waals surface area contributed by atoms with Crippen molar-refractivity contribution in [3.63, 3.8) is 0 Å². The van der Waals surface area contributed by atoms with Crippen molar-refractivity contribution in [2.24, 2.45) is 0 Å². The maximum atomic E-state index is 5.84. The molecular formula is C22H31NO. The molecule has 0 saturated heterocycles. The molecule has 1 unspecified atom stereocenters. The first kappa shape index (κ1) is 18.5. The molecule has 1 atom stereocenters. The lowest BCUT2D eigenvalue weighted by molar-refractivity contribution is 0.304. The molecule has 0 spiro atoms. The van der Waals surface area contributed by atoms with Gasteiger partial charge in [-0.2, -0.15) is 0 Å². The fraction of sp³-hybridized carbons (Fsp3) is 0.500. The highest BCUT2D eigenvalue weighted by atomic mass is 16.5. The van der Waals surface area contributed by atoms with Crippen molar-refractivity contribution < 1.29 is 4.74 Å². The van der Waals surface area contributed by atoms with Crippen LogP contribution in [0.4, 0.5) is 0 Å². The lowest BCUT2D eigenvalue weighted by Crippen LogP contribution is -2.01. The van der Waals surface area contributed by atoms with E-state index in [0.717, 1.165) is 30.9 Å². The molecule has 1 heterocycles. The van der Waals surface area contributed by atoms with Gasteiger partial charge in [-0.3, -0.25) is 4.98 Å². The molecule has 2 nitrogen and oxygen atoms in total. The van der Waals surface area contributed by atoms with Crippen molar-refractivity contribution in [3.05, 3.63) is 59.4 Å². The maximum absolute atomic E-state index is 5.84. The third-order valence-corrected chi connectivity index (χ3v) is 4.60. The average Bonchev–Trinajstić information content (AvgIpc) is 2.64. The summed E-state index contributed by atoms with van der Waals surface area (Å²) in [5.74, 6) is 1.27. The molecule has 0 aliphatic heterocycles. The van der Waals surface area contributed by atoms with Gasteiger partial charge in [0.25, 0.3) is 0 Å². The topological polar surface area (TPSA) is 22.1 Å². The molecule has 2 rings (SSSR count). The SMILES string of the molecule is CCCCCCCOc1ccc(C(C)c2ccc(CC)cn2)cc1. The summed E-state index contributed by atoms with van der Waals surface area (Å²) in [6, 6.07) is 12.8. The van der Waals surface area contributed by atoms with Crippen molar-refractivity contribution in [1.29, 1.82) is 0 Å². The van der Waals surface area contributed by atoms with Gasteiger partial charge in [-0.05, 0) is 42.2 Å². The number of hydrogen-bond donors (Lipinski definition) is 0. The normalized spacial score (nSPS) is 12.1. The summed E-state index contributed by atoms with van der Waals surface area (Å²) in [6.45, 7) is 7.42. The highest BCUT2D eigenvalue weighted by Gasteiger charge is 2.10. The molecule has 0 bridgehead atoms. The number of hydrogen-bond acceptors (Lipinski definition) is 2. The van der Waals surface area contributed by atoms with E-state index in [1.807, 2.05) is 6.20 Å². The molecule has 24 heavy (non-hydrogen) atoms. The van der Waals surface area contributed by atoms with Gasteiger partial charge >= 0.3 is 0 Å². The number of benzene rings is 1. The molecule has 2 heteroatoms. The summed E-state index contributed by atoms with van der Waals surface area (Å²) in [4.78, 5) is 4.60. The van der Waals surface area contributed by atoms with E-state index in [9.17, 15) is 0 Å². The number of aryl methyl sites for hydroxylation is 1. The molecule has 1 aromatic carbocycles. The van der Waals surface area contributed by atoms with Crippen molar-refractivity contribution in [1.82, 2.24) is 4.98 Å². The van der Waals surface area contributed by atoms with Crippen molar-refractivity contribution in [2.75, 3.05) is 6.61 Å². The molecule has 0 amide bonds. The van der Waals surface area contributed by atoms with Crippen LogP contribution in [-0.4, -0.2) is 11.6 Å². The summed E-state index contributed by atoms with van der Waals surface area (Å²) in [6.07, 6.45) is 9.37. The second kappa shape index (κ2) is 10.1. The number of ether oxygens (including phenoxy) is 1. The fourth-order valence-corrected chi connectivity index (χ4v) is 2.82. The zero-order valence-electron chi connectivity index (χ0n) is 15.4. The Morgan fingerprint density at radius 2 is 1.67 bits per heavy atom. The molecule has 0 N–H and O–H groups in total. The quantitative estimate of drug-likeness (QED) is 0.489. The van der Waals surface area contributed by atoms with E-state index in [2.05, 4.69) is 62.2 Å². The summed E-state index contributed by atoms with van der Waals surface area (Å²) in [5.41, 5.74) is 3.69. The molecule has 0 aliphatic carbocycles. The Bertz CT molecular complexity index is 574. The third kappa shape index (κ3) is 5.67. The van der Waals surface area contributed by atoms with Crippen LogP contribution in [0.2, 0.25) is 0 Å². The molecule has 0 radical (unpaired) electrons. The predicted octanol–water partition coefficient (Wildman–Crippen LogP) is 6.15. The fourth-order valence-electron chi connectivity index (χ4n) is 2.82. The number of unbranched alkanes of at least 4 members (excludes halogenated alkanes) is 4. The van der Waals surface area contributed by atoms with E-state index in [0.29, 0.717) is 5.92 Å². The number of rotatable bonds is 10. The van der Waals surface area contributed by atoms with Gasteiger partial charge in [0.05, 0.1) is 6.61 Å². The van der Waals surface area contributed by atoms with Gasteiger partial charge in [0.1, 0.15) is 5.75 Å². The second-order valence-corrected chi connectivity index (χ2v) is 6.50. The first-order chi connectivity index (χ1) is 11.7. The van der Waals surface area contributed by atoms with Crippen LogP contribution in [0.15, 0.2) is 42.6 Å². The molecule has 0 aliphatic rings. The largest absolute Gasteiger partial charge is 0.494 e. The van der Waals surface area contributed by atoms with Crippen LogP contribution in [0, 0.1) is 0 Å². The van der Waals surface area contributed by atoms with Gasteiger partial charge in [-0.25, -0.2) is 0 Å². The van der Waals surface area contributed by atoms with Crippen molar-refractivity contribution in [2.45, 2.75) is 65.2 Å². The van der Waals surface area contributed by atoms with Gasteiger partial charge in [0.2, 0.25) is 0 Å². The Morgan fingerprint density at radius 1 is 0.917 bits per heavy atom. The first-order valence-corrected chi connectivity index (χ1v) is 9.42. The molecule has 130 valence electrons. The predicted molar refractivity (Wildman–Crippen MR) is 102 cm³/mol. The molecule has 0 fully saturated rings. The van der Waals surface area contributed by atoms with Crippen LogP contribution in [-0.2, 0) is 6.42 Å². The van der Waals surface area contributed by atoms with Gasteiger partial charge in [0, 0.05) is 17.8 Å². The van der Waals surface area contributed by atoms with E-state index in [1.54, 1.807) is 0 Å². The van der Waals surface area contributed by atoms with Crippen LogP contribution in [0.25, 0.3) is 0 Å². The van der Waals surface area contributed by atoms with Crippen LogP contribution in [0.3, 0.4) is 0 Å². The Hall–Kier alpha value is -1.83. The van der Waals surface area contributed by atoms with Gasteiger partial charge in [-0.15, -0.1) is 0 Å². The number of pyridine rings is 1. The lowest BCUT2D eigenvalue weighted by atomic mass is 9.97. The smallest absolute Gasteiger partial charge is 0.119 e. The van der Waals surface area contributed by atoms with Crippen molar-refractivity contribution in [3.8, 4) is 5.75 Å². The highest BCUT2D eigenvalue weighted by molar-refractivity contribution is 5.33. The van der Waals surface area contributed by atoms with Crippen LogP contribution in [0.1, 0.15) is 75.6 Å². The second-order valence-electron chi connectivity index (χ2n) is 6.50. The van der Waals surface area contributed by atoms with Crippen molar-refractivity contribution >= 4 is 0 Å². The standard InChI is InChI=1S/C22H31NO/c1-4-6-7-8-9-16-24-21-13-11-20(12-14-21)18(3)22-15-10-19(5-2)17-23-22/h10-15,17-18H,4-9,16H2,1-3H3. The molecular weight excluding hydrogens is 294 g/mol. The lowest BCUT2D eigenvalue weighted by Gasteiger charge is -2.13. The number of aromatic nitrogens is 1. The minimum absolute atomic E-state index is 0.305. The van der Waals surface area contributed by atoms with E-state index < -0.39 is 0 Å². The Morgan fingerprint density at radius 3 is 2.29 bits per heavy atom. The Kier molecular flexibility index (Phi) is 7.81. The minimum Gasteiger partial charge on any atom is -0.494 e. The van der Waals surface area contributed by atoms with E-state index >= 15 is 0 Å². The molecule has 1 aromatic heterocycles. The van der Waals surface area contributed by atoms with Gasteiger partial charge in [0.15, 0.2) is 0 Å². The van der Waals surface area contributed by atoms with Crippen LogP contribution >= 0.6 is 0 Å². The summed E-state index contributed by atoms with van der Waals surface area (Å²) in [7, 11) is 0. The van der Waals surface area contributed by atoms with E-state index in [-0.39, 0.29) is 0 Å². The zero-order valence-corrected chi connectivity index (χ0v) is 15.4. The average molecular weight is 325 g/mol. The van der Waals surface area contributed by atoms with Gasteiger partial charge in [-0.1, -0.05) is 64.7 Å². The molecule has 2 aromatic rings. The number of nitrogens with zero attached hydrogens (tertiary/aromatic N) is 1. The Balaban J connectivity index is 1.84. The van der Waals surface area contributed by atoms with E-state index in [4.69, 9.17) is 4.74 Å². The third-order valence-electron chi connectivity index (χ3n) is 4.60. The summed E-state index contributed by atoms with van der Waals surface area (Å²) >= 11 is 0. The van der Waals surface area contributed by atoms with E-state index in [1.165, 1.54) is 36.8 Å².